The summed E-state index contributed by atoms with van der Waals surface area (Å²) in [6.07, 6.45) is 0.798. The van der Waals surface area contributed by atoms with Crippen LogP contribution in [0.5, 0.6) is 0 Å². The normalized spacial score (nSPS) is 11.2. The smallest absolute Gasteiger partial charge is 0.294 e. The van der Waals surface area contributed by atoms with Crippen molar-refractivity contribution in [1.82, 2.24) is 9.36 Å². The lowest BCUT2D eigenvalue weighted by Crippen LogP contribution is -2.22. The monoisotopic (exact) mass is 337 g/mol. The number of nitrogen functional groups attached to an aromatic ring is 1. The van der Waals surface area contributed by atoms with Gasteiger partial charge >= 0.3 is 0 Å². The van der Waals surface area contributed by atoms with E-state index in [9.17, 15) is 4.79 Å². The van der Waals surface area contributed by atoms with Crippen molar-refractivity contribution in [3.8, 4) is 5.69 Å². The molecule has 0 aliphatic heterocycles. The average Bonchev–Trinajstić information content (AvgIpc) is 2.63. The molecule has 108 valence electrons. The molecule has 0 aliphatic carbocycles. The Morgan fingerprint density at radius 1 is 1.30 bits per heavy atom. The standard InChI is InChI=1S/C15H20BrN3O/c1-4-18-13(9-10(2)3)14(17)15(20)19(18)12-8-6-5-7-11(12)16/h5-8,10H,4,9,17H2,1-3H3. The van der Waals surface area contributed by atoms with Gasteiger partial charge in [0, 0.05) is 11.0 Å². The van der Waals surface area contributed by atoms with E-state index in [1.54, 1.807) is 4.68 Å². The number of nitrogens with two attached hydrogens (primary N) is 1. The molecule has 0 amide bonds. The van der Waals surface area contributed by atoms with Gasteiger partial charge in [0.05, 0.1) is 11.4 Å². The lowest BCUT2D eigenvalue weighted by molar-refractivity contribution is 0.519. The number of halogens is 1. The third kappa shape index (κ3) is 2.54. The summed E-state index contributed by atoms with van der Waals surface area (Å²) in [5.74, 6) is 0.449. The van der Waals surface area contributed by atoms with E-state index >= 15 is 0 Å². The largest absolute Gasteiger partial charge is 0.393 e. The molecule has 0 saturated carbocycles. The molecule has 2 rings (SSSR count). The second-order valence-electron chi connectivity index (χ2n) is 5.24. The number of aromatic nitrogens is 2. The number of rotatable bonds is 4. The molecule has 2 N–H and O–H groups in total. The van der Waals surface area contributed by atoms with Crippen LogP contribution < -0.4 is 11.3 Å². The quantitative estimate of drug-likeness (QED) is 0.931. The predicted octanol–water partition coefficient (Wildman–Crippen LogP) is 3.20. The number of anilines is 1. The van der Waals surface area contributed by atoms with Crippen molar-refractivity contribution in [3.05, 3.63) is 44.8 Å². The van der Waals surface area contributed by atoms with Gasteiger partial charge in [0.25, 0.3) is 5.56 Å². The van der Waals surface area contributed by atoms with Crippen LogP contribution in [0, 0.1) is 5.92 Å². The van der Waals surface area contributed by atoms with Gasteiger partial charge in [-0.15, -0.1) is 0 Å². The minimum Gasteiger partial charge on any atom is -0.393 e. The maximum Gasteiger partial charge on any atom is 0.294 e. The van der Waals surface area contributed by atoms with Gasteiger partial charge in [-0.2, -0.15) is 0 Å². The summed E-state index contributed by atoms with van der Waals surface area (Å²) < 4.78 is 4.51. The fraction of sp³-hybridized carbons (Fsp3) is 0.400. The molecule has 0 bridgehead atoms. The van der Waals surface area contributed by atoms with E-state index in [-0.39, 0.29) is 5.56 Å². The van der Waals surface area contributed by atoms with Crippen LogP contribution in [0.2, 0.25) is 0 Å². The zero-order chi connectivity index (χ0) is 14.9. The molecule has 0 spiro atoms. The molecule has 0 aliphatic rings. The van der Waals surface area contributed by atoms with Gasteiger partial charge in [-0.25, -0.2) is 4.68 Å². The van der Waals surface area contributed by atoms with Crippen molar-refractivity contribution in [2.75, 3.05) is 5.73 Å². The van der Waals surface area contributed by atoms with E-state index in [2.05, 4.69) is 29.8 Å². The van der Waals surface area contributed by atoms with Crippen molar-refractivity contribution < 1.29 is 0 Å². The predicted molar refractivity (Wildman–Crippen MR) is 86.4 cm³/mol. The Morgan fingerprint density at radius 2 is 1.95 bits per heavy atom. The van der Waals surface area contributed by atoms with E-state index in [0.717, 1.165) is 22.3 Å². The lowest BCUT2D eigenvalue weighted by atomic mass is 10.1. The Hall–Kier alpha value is -1.49. The first-order valence-corrected chi connectivity index (χ1v) is 7.61. The molecule has 4 nitrogen and oxygen atoms in total. The highest BCUT2D eigenvalue weighted by atomic mass is 79.9. The van der Waals surface area contributed by atoms with Crippen molar-refractivity contribution in [2.24, 2.45) is 5.92 Å². The molecule has 1 aromatic heterocycles. The molecule has 0 unspecified atom stereocenters. The topological polar surface area (TPSA) is 52.9 Å². The summed E-state index contributed by atoms with van der Waals surface area (Å²) in [4.78, 5) is 12.5. The summed E-state index contributed by atoms with van der Waals surface area (Å²) in [5.41, 5.74) is 8.00. The van der Waals surface area contributed by atoms with Crippen molar-refractivity contribution in [3.63, 3.8) is 0 Å². The van der Waals surface area contributed by atoms with Crippen molar-refractivity contribution in [1.29, 1.82) is 0 Å². The molecule has 2 aromatic rings. The third-order valence-electron chi connectivity index (χ3n) is 3.27. The Morgan fingerprint density at radius 3 is 2.50 bits per heavy atom. The average molecular weight is 338 g/mol. The van der Waals surface area contributed by atoms with Gasteiger partial charge in [-0.3, -0.25) is 9.48 Å². The fourth-order valence-electron chi connectivity index (χ4n) is 2.40. The van der Waals surface area contributed by atoms with Gasteiger partial charge in [0.1, 0.15) is 5.69 Å². The van der Waals surface area contributed by atoms with Crippen LogP contribution in [-0.2, 0) is 13.0 Å². The van der Waals surface area contributed by atoms with Crippen LogP contribution in [0.1, 0.15) is 26.5 Å². The second kappa shape index (κ2) is 5.87. The zero-order valence-electron chi connectivity index (χ0n) is 12.1. The SMILES string of the molecule is CCn1c(CC(C)C)c(N)c(=O)n1-c1ccccc1Br. The molecule has 1 aromatic carbocycles. The van der Waals surface area contributed by atoms with Crippen LogP contribution in [-0.4, -0.2) is 9.36 Å². The van der Waals surface area contributed by atoms with Gasteiger partial charge in [0.2, 0.25) is 0 Å². The van der Waals surface area contributed by atoms with E-state index < -0.39 is 0 Å². The highest BCUT2D eigenvalue weighted by Gasteiger charge is 2.19. The number of para-hydroxylation sites is 1. The molecule has 0 fully saturated rings. The highest BCUT2D eigenvalue weighted by molar-refractivity contribution is 9.10. The summed E-state index contributed by atoms with van der Waals surface area (Å²) >= 11 is 3.50. The summed E-state index contributed by atoms with van der Waals surface area (Å²) in [5, 5.41) is 0. The first-order chi connectivity index (χ1) is 9.47. The van der Waals surface area contributed by atoms with E-state index in [1.807, 2.05) is 35.9 Å². The fourth-order valence-corrected chi connectivity index (χ4v) is 2.86. The third-order valence-corrected chi connectivity index (χ3v) is 3.94. The van der Waals surface area contributed by atoms with E-state index in [4.69, 9.17) is 5.73 Å². The molecule has 0 radical (unpaired) electrons. The van der Waals surface area contributed by atoms with Crippen LogP contribution >= 0.6 is 15.9 Å². The van der Waals surface area contributed by atoms with Gasteiger partial charge in [0.15, 0.2) is 0 Å². The van der Waals surface area contributed by atoms with Gasteiger partial charge in [-0.05, 0) is 47.3 Å². The molecule has 5 heteroatoms. The molecule has 0 atom stereocenters. The molecule has 0 saturated heterocycles. The minimum atomic E-state index is -0.144. The number of benzene rings is 1. The maximum absolute atomic E-state index is 12.5. The molecule has 1 heterocycles. The van der Waals surface area contributed by atoms with E-state index in [1.165, 1.54) is 0 Å². The molecular weight excluding hydrogens is 318 g/mol. The van der Waals surface area contributed by atoms with Gasteiger partial charge in [-0.1, -0.05) is 26.0 Å². The maximum atomic E-state index is 12.5. The highest BCUT2D eigenvalue weighted by Crippen LogP contribution is 2.22. The van der Waals surface area contributed by atoms with Crippen molar-refractivity contribution in [2.45, 2.75) is 33.7 Å². The summed E-state index contributed by atoms with van der Waals surface area (Å²) in [7, 11) is 0. The second-order valence-corrected chi connectivity index (χ2v) is 6.10. The molecule has 20 heavy (non-hydrogen) atoms. The number of hydrogen-bond donors (Lipinski definition) is 1. The number of nitrogens with zero attached hydrogens (tertiary/aromatic N) is 2. The number of hydrogen-bond acceptors (Lipinski definition) is 2. The summed E-state index contributed by atoms with van der Waals surface area (Å²) in [6.45, 7) is 6.98. The molecular formula is C15H20BrN3O. The summed E-state index contributed by atoms with van der Waals surface area (Å²) in [6, 6.07) is 7.68. The zero-order valence-corrected chi connectivity index (χ0v) is 13.6. The Kier molecular flexibility index (Phi) is 4.38. The van der Waals surface area contributed by atoms with Gasteiger partial charge < -0.3 is 5.73 Å². The van der Waals surface area contributed by atoms with Crippen LogP contribution in [0.3, 0.4) is 0 Å². The van der Waals surface area contributed by atoms with Crippen LogP contribution in [0.4, 0.5) is 5.69 Å². The Bertz CT molecular complexity index is 670. The van der Waals surface area contributed by atoms with Crippen LogP contribution in [0.25, 0.3) is 5.69 Å². The lowest BCUT2D eigenvalue weighted by Gasteiger charge is -2.15. The Balaban J connectivity index is 2.71. The van der Waals surface area contributed by atoms with Crippen LogP contribution in [0.15, 0.2) is 33.5 Å². The first-order valence-electron chi connectivity index (χ1n) is 6.82. The minimum absolute atomic E-state index is 0.144. The van der Waals surface area contributed by atoms with E-state index in [0.29, 0.717) is 18.2 Å². The first kappa shape index (κ1) is 14.9. The van der Waals surface area contributed by atoms with Crippen molar-refractivity contribution >= 4 is 21.6 Å². The Labute approximate surface area is 127 Å².